The van der Waals surface area contributed by atoms with Crippen molar-refractivity contribution in [1.29, 1.82) is 0 Å². The zero-order valence-electron chi connectivity index (χ0n) is 6.53. The predicted octanol–water partition coefficient (Wildman–Crippen LogP) is 2.35. The number of ether oxygens (including phenoxy) is 1. The summed E-state index contributed by atoms with van der Waals surface area (Å²) in [5.74, 6) is 0.854. The lowest BCUT2D eigenvalue weighted by molar-refractivity contribution is 0.413. The molecule has 2 nitrogen and oxygen atoms in total. The lowest BCUT2D eigenvalue weighted by Gasteiger charge is -2.00. The number of methoxy groups -OCH3 is 1. The van der Waals surface area contributed by atoms with E-state index in [-0.39, 0.29) is 0 Å². The van der Waals surface area contributed by atoms with E-state index in [1.165, 1.54) is 12.0 Å². The third-order valence-corrected chi connectivity index (χ3v) is 1.83. The zero-order valence-corrected chi connectivity index (χ0v) is 7.35. The Morgan fingerprint density at radius 2 is 2.09 bits per heavy atom. The molecule has 0 radical (unpaired) electrons. The van der Waals surface area contributed by atoms with Gasteiger partial charge in [-0.1, -0.05) is 6.07 Å². The average Bonchev–Trinajstić information content (AvgIpc) is 2.06. The first-order valence-corrected chi connectivity index (χ1v) is 3.95. The molecule has 0 atom stereocenters. The predicted molar refractivity (Wildman–Crippen MR) is 45.9 cm³/mol. The molecule has 0 spiro atoms. The van der Waals surface area contributed by atoms with Crippen LogP contribution >= 0.6 is 12.0 Å². The van der Waals surface area contributed by atoms with Gasteiger partial charge in [-0.25, -0.2) is 0 Å². The van der Waals surface area contributed by atoms with Crippen LogP contribution in [-0.4, -0.2) is 14.2 Å². The molecule has 60 valence electrons. The Kier molecular flexibility index (Phi) is 3.26. The summed E-state index contributed by atoms with van der Waals surface area (Å²) in [6.07, 6.45) is 0. The first-order chi connectivity index (χ1) is 5.36. The Balaban J connectivity index is 2.74. The van der Waals surface area contributed by atoms with Gasteiger partial charge < -0.3 is 8.92 Å². The van der Waals surface area contributed by atoms with E-state index in [1.54, 1.807) is 14.2 Å². The van der Waals surface area contributed by atoms with Crippen molar-refractivity contribution in [2.45, 2.75) is 4.90 Å². The minimum Gasteiger partial charge on any atom is -0.497 e. The van der Waals surface area contributed by atoms with E-state index in [0.717, 1.165) is 10.6 Å². The van der Waals surface area contributed by atoms with E-state index in [0.29, 0.717) is 0 Å². The van der Waals surface area contributed by atoms with Gasteiger partial charge in [0.25, 0.3) is 0 Å². The van der Waals surface area contributed by atoms with Crippen LogP contribution in [-0.2, 0) is 4.18 Å². The van der Waals surface area contributed by atoms with Crippen molar-refractivity contribution < 1.29 is 8.92 Å². The maximum atomic E-state index is 5.03. The quantitative estimate of drug-likeness (QED) is 0.649. The van der Waals surface area contributed by atoms with Crippen LogP contribution in [0.15, 0.2) is 29.2 Å². The first-order valence-electron chi connectivity index (χ1n) is 3.21. The molecule has 0 saturated heterocycles. The van der Waals surface area contributed by atoms with Gasteiger partial charge in [0, 0.05) is 16.9 Å². The monoisotopic (exact) mass is 170 g/mol. The summed E-state index contributed by atoms with van der Waals surface area (Å²) in [6.45, 7) is 0. The molecule has 0 bridgehead atoms. The van der Waals surface area contributed by atoms with Crippen LogP contribution in [0.4, 0.5) is 0 Å². The number of rotatable bonds is 3. The molecule has 1 aromatic rings. The van der Waals surface area contributed by atoms with Crippen LogP contribution < -0.4 is 4.74 Å². The van der Waals surface area contributed by atoms with Crippen molar-refractivity contribution in [3.63, 3.8) is 0 Å². The minimum atomic E-state index is 0.854. The van der Waals surface area contributed by atoms with E-state index in [4.69, 9.17) is 8.92 Å². The fourth-order valence-electron chi connectivity index (χ4n) is 0.749. The second-order valence-electron chi connectivity index (χ2n) is 1.93. The largest absolute Gasteiger partial charge is 0.497 e. The fourth-order valence-corrected chi connectivity index (χ4v) is 1.24. The van der Waals surface area contributed by atoms with E-state index in [2.05, 4.69) is 0 Å². The molecular weight excluding hydrogens is 160 g/mol. The average molecular weight is 170 g/mol. The van der Waals surface area contributed by atoms with Gasteiger partial charge in [0.05, 0.1) is 14.2 Å². The molecule has 0 heterocycles. The SMILES string of the molecule is COSc1cccc(OC)c1. The number of hydrogen-bond acceptors (Lipinski definition) is 3. The first kappa shape index (κ1) is 8.43. The molecule has 1 rings (SSSR count). The van der Waals surface area contributed by atoms with Crippen molar-refractivity contribution in [2.24, 2.45) is 0 Å². The van der Waals surface area contributed by atoms with Gasteiger partial charge in [0.15, 0.2) is 0 Å². The van der Waals surface area contributed by atoms with Crippen molar-refractivity contribution in [2.75, 3.05) is 14.2 Å². The normalized spacial score (nSPS) is 9.64. The summed E-state index contributed by atoms with van der Waals surface area (Å²) in [5, 5.41) is 0. The summed E-state index contributed by atoms with van der Waals surface area (Å²) in [7, 11) is 3.29. The van der Waals surface area contributed by atoms with E-state index >= 15 is 0 Å². The van der Waals surface area contributed by atoms with Crippen molar-refractivity contribution in [1.82, 2.24) is 0 Å². The molecule has 3 heteroatoms. The molecule has 0 amide bonds. The highest BCUT2D eigenvalue weighted by atomic mass is 32.2. The standard InChI is InChI=1S/C8H10O2S/c1-9-7-4-3-5-8(6-7)11-10-2/h3-6H,1-2H3. The lowest BCUT2D eigenvalue weighted by atomic mass is 10.3. The third kappa shape index (κ3) is 2.44. The molecule has 0 saturated carbocycles. The summed E-state index contributed by atoms with van der Waals surface area (Å²) in [5.41, 5.74) is 0. The van der Waals surface area contributed by atoms with Crippen LogP contribution in [0.2, 0.25) is 0 Å². The van der Waals surface area contributed by atoms with Crippen molar-refractivity contribution in [3.8, 4) is 5.75 Å². The van der Waals surface area contributed by atoms with E-state index in [9.17, 15) is 0 Å². The maximum absolute atomic E-state index is 5.03. The Bertz CT molecular complexity index is 225. The second-order valence-corrected chi connectivity index (χ2v) is 2.90. The number of hydrogen-bond donors (Lipinski definition) is 0. The topological polar surface area (TPSA) is 18.5 Å². The van der Waals surface area contributed by atoms with Gasteiger partial charge in [-0.3, -0.25) is 0 Å². The van der Waals surface area contributed by atoms with Crippen LogP contribution in [0.5, 0.6) is 5.75 Å². The number of benzene rings is 1. The van der Waals surface area contributed by atoms with Gasteiger partial charge in [0.1, 0.15) is 5.75 Å². The molecule has 0 aliphatic heterocycles. The molecule has 11 heavy (non-hydrogen) atoms. The van der Waals surface area contributed by atoms with Gasteiger partial charge in [0.2, 0.25) is 0 Å². The summed E-state index contributed by atoms with van der Waals surface area (Å²) >= 11 is 1.32. The molecule has 0 aliphatic carbocycles. The molecule has 0 unspecified atom stereocenters. The van der Waals surface area contributed by atoms with Gasteiger partial charge in [-0.15, -0.1) is 0 Å². The molecule has 1 aromatic carbocycles. The molecule has 0 aliphatic rings. The molecule has 0 N–H and O–H groups in total. The molecular formula is C8H10O2S. The highest BCUT2D eigenvalue weighted by Crippen LogP contribution is 2.22. The van der Waals surface area contributed by atoms with E-state index in [1.807, 2.05) is 24.3 Å². The molecule has 0 fully saturated rings. The minimum absolute atomic E-state index is 0.854. The van der Waals surface area contributed by atoms with Crippen molar-refractivity contribution in [3.05, 3.63) is 24.3 Å². The zero-order chi connectivity index (χ0) is 8.10. The van der Waals surface area contributed by atoms with Gasteiger partial charge >= 0.3 is 0 Å². The van der Waals surface area contributed by atoms with Crippen LogP contribution in [0.3, 0.4) is 0 Å². The fraction of sp³-hybridized carbons (Fsp3) is 0.250. The Labute approximate surface area is 70.7 Å². The third-order valence-electron chi connectivity index (χ3n) is 1.22. The van der Waals surface area contributed by atoms with Gasteiger partial charge in [-0.2, -0.15) is 0 Å². The summed E-state index contributed by atoms with van der Waals surface area (Å²) < 4.78 is 9.92. The van der Waals surface area contributed by atoms with Crippen LogP contribution in [0.25, 0.3) is 0 Å². The molecule has 0 aromatic heterocycles. The summed E-state index contributed by atoms with van der Waals surface area (Å²) in [4.78, 5) is 1.05. The Hall–Kier alpha value is -0.670. The second kappa shape index (κ2) is 4.26. The van der Waals surface area contributed by atoms with Crippen molar-refractivity contribution >= 4 is 12.0 Å². The van der Waals surface area contributed by atoms with Crippen LogP contribution in [0, 0.1) is 0 Å². The Morgan fingerprint density at radius 1 is 1.27 bits per heavy atom. The highest BCUT2D eigenvalue weighted by molar-refractivity contribution is 7.94. The van der Waals surface area contributed by atoms with E-state index < -0.39 is 0 Å². The van der Waals surface area contributed by atoms with Crippen LogP contribution in [0.1, 0.15) is 0 Å². The summed E-state index contributed by atoms with van der Waals surface area (Å²) in [6, 6.07) is 7.73. The van der Waals surface area contributed by atoms with Gasteiger partial charge in [-0.05, 0) is 18.2 Å². The highest BCUT2D eigenvalue weighted by Gasteiger charge is 1.94. The lowest BCUT2D eigenvalue weighted by Crippen LogP contribution is -1.81. The Morgan fingerprint density at radius 3 is 2.73 bits per heavy atom. The maximum Gasteiger partial charge on any atom is 0.120 e. The smallest absolute Gasteiger partial charge is 0.120 e.